The third-order valence-electron chi connectivity index (χ3n) is 4.06. The molecule has 0 atom stereocenters. The zero-order valence-corrected chi connectivity index (χ0v) is 15.1. The van der Waals surface area contributed by atoms with Crippen molar-refractivity contribution >= 4 is 38.9 Å². The van der Waals surface area contributed by atoms with E-state index in [1.807, 2.05) is 36.4 Å². The number of carbonyl (C=O) groups excluding carboxylic acids is 1. The lowest BCUT2D eigenvalue weighted by molar-refractivity contribution is 0.0970. The molecule has 2 heterocycles. The zero-order valence-electron chi connectivity index (χ0n) is 13.6. The molecule has 6 heteroatoms. The van der Waals surface area contributed by atoms with E-state index in [1.165, 1.54) is 22.2 Å². The molecule has 0 bridgehead atoms. The first-order valence-corrected chi connectivity index (χ1v) is 9.14. The molecule has 0 saturated heterocycles. The predicted molar refractivity (Wildman–Crippen MR) is 105 cm³/mol. The summed E-state index contributed by atoms with van der Waals surface area (Å²) >= 11 is 7.31. The van der Waals surface area contributed by atoms with Gasteiger partial charge in [-0.2, -0.15) is 0 Å². The van der Waals surface area contributed by atoms with Gasteiger partial charge in [-0.25, -0.2) is 4.98 Å². The first kappa shape index (κ1) is 16.7. The number of benzene rings is 2. The number of Topliss-reactive ketones (excluding diaryl/α,β-unsaturated/α-hetero) is 1. The summed E-state index contributed by atoms with van der Waals surface area (Å²) < 4.78 is 1.35. The molecule has 4 aromatic rings. The molecule has 2 aromatic heterocycles. The standard InChI is InChI=1S/C20H13ClN2O2S/c21-15-8-6-13(7-9-15)17(24)11-23-12-22-19-16(20(23)25)10-18(26-19)14-4-2-1-3-5-14/h1-10,12H,11H2. The third-order valence-corrected chi connectivity index (χ3v) is 5.40. The molecule has 0 aliphatic rings. The molecule has 128 valence electrons. The van der Waals surface area contributed by atoms with Gasteiger partial charge in [-0.05, 0) is 35.9 Å². The molecule has 4 rings (SSSR count). The minimum Gasteiger partial charge on any atom is -0.292 e. The predicted octanol–water partition coefficient (Wildman–Crippen LogP) is 4.66. The van der Waals surface area contributed by atoms with E-state index in [0.29, 0.717) is 20.8 Å². The molecule has 0 spiro atoms. The molecule has 2 aromatic carbocycles. The number of carbonyl (C=O) groups is 1. The summed E-state index contributed by atoms with van der Waals surface area (Å²) in [6.07, 6.45) is 1.43. The van der Waals surface area contributed by atoms with Gasteiger partial charge >= 0.3 is 0 Å². The van der Waals surface area contributed by atoms with Crippen molar-refractivity contribution in [3.8, 4) is 10.4 Å². The number of hydrogen-bond donors (Lipinski definition) is 0. The Kier molecular flexibility index (Phi) is 4.41. The van der Waals surface area contributed by atoms with Crippen LogP contribution in [0, 0.1) is 0 Å². The van der Waals surface area contributed by atoms with E-state index >= 15 is 0 Å². The van der Waals surface area contributed by atoms with Crippen LogP contribution in [0.4, 0.5) is 0 Å². The molecule has 0 amide bonds. The van der Waals surface area contributed by atoms with Crippen LogP contribution in [-0.2, 0) is 6.54 Å². The van der Waals surface area contributed by atoms with Crippen molar-refractivity contribution in [2.75, 3.05) is 0 Å². The number of ketones is 1. The number of hydrogen-bond acceptors (Lipinski definition) is 4. The fourth-order valence-electron chi connectivity index (χ4n) is 2.70. The summed E-state index contributed by atoms with van der Waals surface area (Å²) in [5.74, 6) is -0.163. The normalized spacial score (nSPS) is 11.0. The Hall–Kier alpha value is -2.76. The first-order valence-electron chi connectivity index (χ1n) is 7.95. The Bertz CT molecular complexity index is 1150. The van der Waals surface area contributed by atoms with Crippen LogP contribution >= 0.6 is 22.9 Å². The highest BCUT2D eigenvalue weighted by atomic mass is 35.5. The van der Waals surface area contributed by atoms with E-state index < -0.39 is 0 Å². The van der Waals surface area contributed by atoms with Gasteiger partial charge in [-0.15, -0.1) is 11.3 Å². The van der Waals surface area contributed by atoms with Crippen LogP contribution in [0.15, 0.2) is 71.8 Å². The Balaban J connectivity index is 1.68. The van der Waals surface area contributed by atoms with Crippen molar-refractivity contribution in [2.45, 2.75) is 6.54 Å². The van der Waals surface area contributed by atoms with Gasteiger partial charge in [-0.3, -0.25) is 14.2 Å². The topological polar surface area (TPSA) is 52.0 Å². The fourth-order valence-corrected chi connectivity index (χ4v) is 3.82. The van der Waals surface area contributed by atoms with Gasteiger partial charge in [0, 0.05) is 15.5 Å². The fraction of sp³-hybridized carbons (Fsp3) is 0.0500. The average Bonchev–Trinajstić information content (AvgIpc) is 3.10. The van der Waals surface area contributed by atoms with Crippen LogP contribution in [-0.4, -0.2) is 15.3 Å². The maximum atomic E-state index is 12.8. The highest BCUT2D eigenvalue weighted by Crippen LogP contribution is 2.30. The number of aromatic nitrogens is 2. The van der Waals surface area contributed by atoms with E-state index in [-0.39, 0.29) is 17.9 Å². The lowest BCUT2D eigenvalue weighted by Crippen LogP contribution is -2.24. The number of nitrogens with zero attached hydrogens (tertiary/aromatic N) is 2. The number of thiophene rings is 1. The van der Waals surface area contributed by atoms with Gasteiger partial charge in [0.15, 0.2) is 5.78 Å². The Labute approximate surface area is 158 Å². The van der Waals surface area contributed by atoms with Crippen LogP contribution in [0.2, 0.25) is 5.02 Å². The van der Waals surface area contributed by atoms with Crippen molar-refractivity contribution < 1.29 is 4.79 Å². The smallest absolute Gasteiger partial charge is 0.262 e. The third kappa shape index (κ3) is 3.19. The summed E-state index contributed by atoms with van der Waals surface area (Å²) in [6.45, 7) is -0.0556. The van der Waals surface area contributed by atoms with Gasteiger partial charge in [0.25, 0.3) is 5.56 Å². The summed E-state index contributed by atoms with van der Waals surface area (Å²) in [5.41, 5.74) is 1.34. The lowest BCUT2D eigenvalue weighted by Gasteiger charge is -2.04. The van der Waals surface area contributed by atoms with E-state index in [2.05, 4.69) is 4.98 Å². The Morgan fingerprint density at radius 2 is 1.81 bits per heavy atom. The van der Waals surface area contributed by atoms with Crippen LogP contribution in [0.1, 0.15) is 10.4 Å². The largest absolute Gasteiger partial charge is 0.292 e. The molecular weight excluding hydrogens is 368 g/mol. The first-order chi connectivity index (χ1) is 12.6. The van der Waals surface area contributed by atoms with E-state index in [4.69, 9.17) is 11.6 Å². The molecule has 0 N–H and O–H groups in total. The van der Waals surface area contributed by atoms with Crippen molar-refractivity contribution in [2.24, 2.45) is 0 Å². The van der Waals surface area contributed by atoms with E-state index in [0.717, 1.165) is 10.4 Å². The van der Waals surface area contributed by atoms with Crippen molar-refractivity contribution in [3.63, 3.8) is 0 Å². The quantitative estimate of drug-likeness (QED) is 0.484. The van der Waals surface area contributed by atoms with Gasteiger partial charge in [0.2, 0.25) is 0 Å². The molecule has 0 fully saturated rings. The van der Waals surface area contributed by atoms with E-state index in [9.17, 15) is 9.59 Å². The van der Waals surface area contributed by atoms with Crippen molar-refractivity contribution in [1.29, 1.82) is 0 Å². The van der Waals surface area contributed by atoms with Crippen molar-refractivity contribution in [3.05, 3.63) is 87.9 Å². The molecule has 26 heavy (non-hydrogen) atoms. The molecule has 0 saturated carbocycles. The second kappa shape index (κ2) is 6.86. The second-order valence-corrected chi connectivity index (χ2v) is 7.27. The number of rotatable bonds is 4. The van der Waals surface area contributed by atoms with Crippen LogP contribution in [0.3, 0.4) is 0 Å². The molecule has 0 aliphatic heterocycles. The molecule has 0 aliphatic carbocycles. The van der Waals surface area contributed by atoms with Crippen molar-refractivity contribution in [1.82, 2.24) is 9.55 Å². The SMILES string of the molecule is O=C(Cn1cnc2sc(-c3ccccc3)cc2c1=O)c1ccc(Cl)cc1. The maximum Gasteiger partial charge on any atom is 0.262 e. The molecule has 4 nitrogen and oxygen atoms in total. The lowest BCUT2D eigenvalue weighted by atomic mass is 10.1. The van der Waals surface area contributed by atoms with Crippen LogP contribution in [0.25, 0.3) is 20.7 Å². The van der Waals surface area contributed by atoms with E-state index in [1.54, 1.807) is 24.3 Å². The van der Waals surface area contributed by atoms with Gasteiger partial charge in [-0.1, -0.05) is 41.9 Å². The van der Waals surface area contributed by atoms with Gasteiger partial charge in [0.05, 0.1) is 18.3 Å². The Morgan fingerprint density at radius 1 is 1.08 bits per heavy atom. The van der Waals surface area contributed by atoms with Gasteiger partial charge in [0.1, 0.15) is 4.83 Å². The second-order valence-electron chi connectivity index (χ2n) is 5.80. The summed E-state index contributed by atoms with van der Waals surface area (Å²) in [6, 6.07) is 18.3. The number of halogens is 1. The zero-order chi connectivity index (χ0) is 18.1. The Morgan fingerprint density at radius 3 is 2.54 bits per heavy atom. The molecule has 0 unspecified atom stereocenters. The maximum absolute atomic E-state index is 12.8. The highest BCUT2D eigenvalue weighted by molar-refractivity contribution is 7.21. The summed E-state index contributed by atoms with van der Waals surface area (Å²) in [5, 5.41) is 1.09. The molecule has 0 radical (unpaired) electrons. The summed E-state index contributed by atoms with van der Waals surface area (Å²) in [4.78, 5) is 31.2. The summed E-state index contributed by atoms with van der Waals surface area (Å²) in [7, 11) is 0. The number of fused-ring (bicyclic) bond motifs is 1. The molecular formula is C20H13ClN2O2S. The minimum absolute atomic E-state index is 0.0556. The monoisotopic (exact) mass is 380 g/mol. The van der Waals surface area contributed by atoms with Crippen LogP contribution in [0.5, 0.6) is 0 Å². The minimum atomic E-state index is -0.212. The van der Waals surface area contributed by atoms with Crippen LogP contribution < -0.4 is 5.56 Å². The van der Waals surface area contributed by atoms with Gasteiger partial charge < -0.3 is 0 Å². The average molecular weight is 381 g/mol. The highest BCUT2D eigenvalue weighted by Gasteiger charge is 2.13.